The Balaban J connectivity index is 1.42. The molecule has 176 valence electrons. The third kappa shape index (κ3) is 4.75. The zero-order chi connectivity index (χ0) is 24.4. The smallest absolute Gasteiger partial charge is 0.268 e. The van der Waals surface area contributed by atoms with Gasteiger partial charge in [0.05, 0.1) is 29.9 Å². The fraction of sp³-hybridized carbons (Fsp3) is 0.0800. The normalized spacial score (nSPS) is 13.6. The Hall–Kier alpha value is -3.76. The number of hydrogen-bond donors (Lipinski definition) is 1. The second-order valence-electron chi connectivity index (χ2n) is 7.72. The lowest BCUT2D eigenvalue weighted by molar-refractivity contribution is -0.113. The van der Waals surface area contributed by atoms with Crippen molar-refractivity contribution in [1.82, 2.24) is 9.97 Å². The molecule has 35 heavy (non-hydrogen) atoms. The summed E-state index contributed by atoms with van der Waals surface area (Å²) in [6.07, 6.45) is 1.28. The highest BCUT2D eigenvalue weighted by Gasteiger charge is 2.36. The predicted molar refractivity (Wildman–Crippen MR) is 133 cm³/mol. The lowest BCUT2D eigenvalue weighted by Crippen LogP contribution is -2.34. The van der Waals surface area contributed by atoms with Crippen molar-refractivity contribution in [3.63, 3.8) is 0 Å². The lowest BCUT2D eigenvalue weighted by Gasteiger charge is -2.31. The number of fused-ring (bicyclic) bond motifs is 3. The van der Waals surface area contributed by atoms with Crippen molar-refractivity contribution in [2.24, 2.45) is 0 Å². The Morgan fingerprint density at radius 3 is 2.46 bits per heavy atom. The molecular weight excluding hydrogens is 487 g/mol. The van der Waals surface area contributed by atoms with Gasteiger partial charge in [-0.3, -0.25) is 9.10 Å². The van der Waals surface area contributed by atoms with Gasteiger partial charge in [-0.1, -0.05) is 60.3 Å². The number of nitrogens with zero attached hydrogens (tertiary/aromatic N) is 3. The van der Waals surface area contributed by atoms with Gasteiger partial charge in [0, 0.05) is 11.3 Å². The van der Waals surface area contributed by atoms with Gasteiger partial charge in [-0.05, 0) is 35.9 Å². The van der Waals surface area contributed by atoms with E-state index in [2.05, 4.69) is 15.3 Å². The molecule has 1 N–H and O–H groups in total. The zero-order valence-corrected chi connectivity index (χ0v) is 19.9. The summed E-state index contributed by atoms with van der Waals surface area (Å²) in [5.41, 5.74) is 2.73. The summed E-state index contributed by atoms with van der Waals surface area (Å²) in [7, 11) is -3.97. The van der Waals surface area contributed by atoms with Gasteiger partial charge in [0.1, 0.15) is 10.7 Å². The van der Waals surface area contributed by atoms with E-state index in [1.165, 1.54) is 22.6 Å². The predicted octanol–water partition coefficient (Wildman–Crippen LogP) is 4.72. The average Bonchev–Trinajstić information content (AvgIpc) is 2.87. The molecule has 1 aliphatic rings. The van der Waals surface area contributed by atoms with Crippen LogP contribution in [0.5, 0.6) is 0 Å². The molecule has 2 heterocycles. The Kier molecular flexibility index (Phi) is 6.23. The fourth-order valence-corrected chi connectivity index (χ4v) is 5.90. The van der Waals surface area contributed by atoms with Gasteiger partial charge in [-0.25, -0.2) is 22.8 Å². The van der Waals surface area contributed by atoms with Crippen LogP contribution in [-0.4, -0.2) is 30.0 Å². The second-order valence-corrected chi connectivity index (χ2v) is 10.5. The van der Waals surface area contributed by atoms with Gasteiger partial charge < -0.3 is 5.32 Å². The number of rotatable bonds is 6. The maximum Gasteiger partial charge on any atom is 0.268 e. The summed E-state index contributed by atoms with van der Waals surface area (Å²) < 4.78 is 41.7. The van der Waals surface area contributed by atoms with Crippen molar-refractivity contribution < 1.29 is 17.6 Å². The summed E-state index contributed by atoms with van der Waals surface area (Å²) in [4.78, 5) is 21.0. The van der Waals surface area contributed by atoms with Crippen LogP contribution < -0.4 is 9.62 Å². The standard InChI is InChI=1S/C25H19FN4O3S2/c26-18-12-10-17(11-13-18)15-30-21-9-5-4-8-20(21)24-22(35(30,32)33)14-27-25(29-24)34-16-23(31)28-19-6-2-1-3-7-19/h1-14H,15-16H2,(H,28,31). The molecule has 1 aromatic heterocycles. The first-order valence-corrected chi connectivity index (χ1v) is 13.1. The first-order valence-electron chi connectivity index (χ1n) is 10.6. The number of carbonyl (C=O) groups is 1. The van der Waals surface area contributed by atoms with Gasteiger partial charge in [0.25, 0.3) is 10.0 Å². The first-order chi connectivity index (χ1) is 16.9. The van der Waals surface area contributed by atoms with Crippen molar-refractivity contribution in [3.8, 4) is 11.3 Å². The van der Waals surface area contributed by atoms with E-state index in [9.17, 15) is 17.6 Å². The number of amides is 1. The highest BCUT2D eigenvalue weighted by molar-refractivity contribution is 7.99. The Morgan fingerprint density at radius 2 is 1.69 bits per heavy atom. The lowest BCUT2D eigenvalue weighted by atomic mass is 10.1. The third-order valence-electron chi connectivity index (χ3n) is 5.36. The van der Waals surface area contributed by atoms with E-state index in [0.717, 1.165) is 11.8 Å². The maximum absolute atomic E-state index is 13.5. The molecule has 0 spiro atoms. The molecule has 3 aromatic carbocycles. The number of carbonyl (C=O) groups excluding carboxylic acids is 1. The molecule has 0 saturated heterocycles. The number of aromatic nitrogens is 2. The number of hydrogen-bond acceptors (Lipinski definition) is 6. The average molecular weight is 507 g/mol. The molecule has 1 amide bonds. The van der Waals surface area contributed by atoms with E-state index in [0.29, 0.717) is 27.7 Å². The van der Waals surface area contributed by atoms with Crippen LogP contribution in [0.15, 0.2) is 95.1 Å². The number of para-hydroxylation sites is 2. The molecule has 0 atom stereocenters. The number of benzene rings is 3. The highest BCUT2D eigenvalue weighted by atomic mass is 32.2. The molecule has 0 saturated carbocycles. The van der Waals surface area contributed by atoms with Gasteiger partial charge in [0.2, 0.25) is 5.91 Å². The largest absolute Gasteiger partial charge is 0.325 e. The van der Waals surface area contributed by atoms with E-state index >= 15 is 0 Å². The quantitative estimate of drug-likeness (QED) is 0.301. The second kappa shape index (κ2) is 9.47. The van der Waals surface area contributed by atoms with Crippen molar-refractivity contribution in [3.05, 3.63) is 96.4 Å². The van der Waals surface area contributed by atoms with E-state index in [1.807, 2.05) is 18.2 Å². The third-order valence-corrected chi connectivity index (χ3v) is 7.98. The van der Waals surface area contributed by atoms with E-state index < -0.39 is 15.8 Å². The molecule has 0 bridgehead atoms. The van der Waals surface area contributed by atoms with Gasteiger partial charge >= 0.3 is 0 Å². The topological polar surface area (TPSA) is 92.3 Å². The number of halogens is 1. The Labute approximate surface area is 206 Å². The number of anilines is 2. The molecule has 0 radical (unpaired) electrons. The fourth-order valence-electron chi connectivity index (χ4n) is 3.72. The molecule has 0 aliphatic carbocycles. The molecular formula is C25H19FN4O3S2. The van der Waals surface area contributed by atoms with E-state index in [-0.39, 0.29) is 28.8 Å². The monoisotopic (exact) mass is 506 g/mol. The SMILES string of the molecule is O=C(CSc1ncc2c(n1)-c1ccccc1N(Cc1ccc(F)cc1)S2(=O)=O)Nc1ccccc1. The minimum atomic E-state index is -3.97. The van der Waals surface area contributed by atoms with Crippen molar-refractivity contribution >= 4 is 39.1 Å². The minimum Gasteiger partial charge on any atom is -0.325 e. The molecule has 0 fully saturated rings. The molecule has 7 nitrogen and oxygen atoms in total. The molecule has 0 unspecified atom stereocenters. The summed E-state index contributed by atoms with van der Waals surface area (Å²) in [6.45, 7) is 0.0369. The highest BCUT2D eigenvalue weighted by Crippen LogP contribution is 2.42. The van der Waals surface area contributed by atoms with Crippen molar-refractivity contribution in [2.45, 2.75) is 16.6 Å². The molecule has 1 aliphatic heterocycles. The number of sulfonamides is 1. The number of thioether (sulfide) groups is 1. The maximum atomic E-state index is 13.5. The van der Waals surface area contributed by atoms with Crippen LogP contribution in [0.3, 0.4) is 0 Å². The Bertz CT molecular complexity index is 1500. The van der Waals surface area contributed by atoms with Gasteiger partial charge in [0.15, 0.2) is 5.16 Å². The summed E-state index contributed by atoms with van der Waals surface area (Å²) >= 11 is 1.12. The summed E-state index contributed by atoms with van der Waals surface area (Å²) in [6, 6.07) is 21.9. The van der Waals surface area contributed by atoms with Crippen LogP contribution in [0.25, 0.3) is 11.3 Å². The van der Waals surface area contributed by atoms with Crippen molar-refractivity contribution in [2.75, 3.05) is 15.4 Å². The van der Waals surface area contributed by atoms with Gasteiger partial charge in [-0.15, -0.1) is 0 Å². The van der Waals surface area contributed by atoms with E-state index in [1.54, 1.807) is 48.5 Å². The van der Waals surface area contributed by atoms with Crippen LogP contribution >= 0.6 is 11.8 Å². The molecule has 10 heteroatoms. The molecule has 5 rings (SSSR count). The first kappa shape index (κ1) is 23.0. The van der Waals surface area contributed by atoms with Crippen LogP contribution in [-0.2, 0) is 21.4 Å². The summed E-state index contributed by atoms with van der Waals surface area (Å²) in [5, 5.41) is 3.09. The van der Waals surface area contributed by atoms with Gasteiger partial charge in [-0.2, -0.15) is 0 Å². The van der Waals surface area contributed by atoms with E-state index in [4.69, 9.17) is 0 Å². The van der Waals surface area contributed by atoms with Crippen LogP contribution in [0.1, 0.15) is 5.56 Å². The number of nitrogens with one attached hydrogen (secondary N) is 1. The summed E-state index contributed by atoms with van der Waals surface area (Å²) in [5.74, 6) is -0.545. The van der Waals surface area contributed by atoms with Crippen LogP contribution in [0, 0.1) is 5.82 Å². The Morgan fingerprint density at radius 1 is 0.971 bits per heavy atom. The van der Waals surface area contributed by atoms with Crippen molar-refractivity contribution in [1.29, 1.82) is 0 Å². The van der Waals surface area contributed by atoms with Crippen LogP contribution in [0.4, 0.5) is 15.8 Å². The van der Waals surface area contributed by atoms with Crippen LogP contribution in [0.2, 0.25) is 0 Å². The molecule has 4 aromatic rings. The minimum absolute atomic E-state index is 0.0172. The zero-order valence-electron chi connectivity index (χ0n) is 18.3.